The van der Waals surface area contributed by atoms with Gasteiger partial charge in [-0.15, -0.1) is 0 Å². The second-order valence-electron chi connectivity index (χ2n) is 5.69. The monoisotopic (exact) mass is 371 g/mol. The summed E-state index contributed by atoms with van der Waals surface area (Å²) in [4.78, 5) is 35.4. The fraction of sp³-hybridized carbons (Fsp3) is 0.250. The highest BCUT2D eigenvalue weighted by Crippen LogP contribution is 2.23. The van der Waals surface area contributed by atoms with Gasteiger partial charge in [0.2, 0.25) is 0 Å². The van der Waals surface area contributed by atoms with Crippen molar-refractivity contribution < 1.29 is 29.0 Å². The molecule has 1 atom stereocenters. The van der Waals surface area contributed by atoms with Crippen LogP contribution in [0.2, 0.25) is 0 Å². The molecule has 142 valence electrons. The van der Waals surface area contributed by atoms with Crippen molar-refractivity contribution in [2.75, 3.05) is 13.7 Å². The SMILES string of the molecule is CCOC(=O)CC(NC(=O)c1ccc(C(=O)O)cc1)c1cccc(OC)c1. The highest BCUT2D eigenvalue weighted by Gasteiger charge is 2.21. The first-order valence-corrected chi connectivity index (χ1v) is 8.38. The van der Waals surface area contributed by atoms with Crippen LogP contribution in [-0.2, 0) is 9.53 Å². The summed E-state index contributed by atoms with van der Waals surface area (Å²) >= 11 is 0. The van der Waals surface area contributed by atoms with Crippen molar-refractivity contribution >= 4 is 17.8 Å². The molecular formula is C20H21NO6. The predicted octanol–water partition coefficient (Wildman–Crippen LogP) is 2.82. The summed E-state index contributed by atoms with van der Waals surface area (Å²) in [5, 5.41) is 11.7. The molecule has 7 heteroatoms. The quantitative estimate of drug-likeness (QED) is 0.692. The van der Waals surface area contributed by atoms with E-state index < -0.39 is 23.9 Å². The Bertz CT molecular complexity index is 815. The summed E-state index contributed by atoms with van der Waals surface area (Å²) in [5.41, 5.74) is 1.07. The number of aromatic carboxylic acids is 1. The lowest BCUT2D eigenvalue weighted by molar-refractivity contribution is -0.143. The zero-order valence-corrected chi connectivity index (χ0v) is 15.1. The molecule has 1 unspecified atom stereocenters. The number of benzene rings is 2. The molecule has 7 nitrogen and oxygen atoms in total. The first-order chi connectivity index (χ1) is 12.9. The molecular weight excluding hydrogens is 350 g/mol. The molecule has 0 aromatic heterocycles. The van der Waals surface area contributed by atoms with Crippen LogP contribution in [-0.4, -0.2) is 36.7 Å². The van der Waals surface area contributed by atoms with Crippen LogP contribution in [0.3, 0.4) is 0 Å². The molecule has 0 aliphatic carbocycles. The zero-order valence-electron chi connectivity index (χ0n) is 15.1. The number of ether oxygens (including phenoxy) is 2. The molecule has 0 saturated heterocycles. The highest BCUT2D eigenvalue weighted by molar-refractivity contribution is 5.96. The molecule has 27 heavy (non-hydrogen) atoms. The number of rotatable bonds is 8. The first-order valence-electron chi connectivity index (χ1n) is 8.38. The van der Waals surface area contributed by atoms with Gasteiger partial charge in [-0.2, -0.15) is 0 Å². The highest BCUT2D eigenvalue weighted by atomic mass is 16.5. The molecule has 2 N–H and O–H groups in total. The summed E-state index contributed by atoms with van der Waals surface area (Å²) in [6.45, 7) is 1.95. The van der Waals surface area contributed by atoms with Crippen molar-refractivity contribution in [3.05, 3.63) is 65.2 Å². The fourth-order valence-corrected chi connectivity index (χ4v) is 2.50. The van der Waals surface area contributed by atoms with Crippen LogP contribution in [0.1, 0.15) is 45.7 Å². The number of hydrogen-bond acceptors (Lipinski definition) is 5. The number of esters is 1. The average Bonchev–Trinajstić information content (AvgIpc) is 2.67. The number of amides is 1. The maximum Gasteiger partial charge on any atom is 0.335 e. The standard InChI is InChI=1S/C20H21NO6/c1-3-27-18(22)12-17(15-5-4-6-16(11-15)26-2)21-19(23)13-7-9-14(10-8-13)20(24)25/h4-11,17H,3,12H2,1-2H3,(H,21,23)(H,24,25). The van der Waals surface area contributed by atoms with Crippen LogP contribution >= 0.6 is 0 Å². The van der Waals surface area contributed by atoms with E-state index in [9.17, 15) is 14.4 Å². The van der Waals surface area contributed by atoms with E-state index in [2.05, 4.69) is 5.32 Å². The molecule has 0 fully saturated rings. The molecule has 2 aromatic rings. The molecule has 0 heterocycles. The minimum absolute atomic E-state index is 0.0417. The Morgan fingerprint density at radius 2 is 1.74 bits per heavy atom. The van der Waals surface area contributed by atoms with Gasteiger partial charge in [0.25, 0.3) is 5.91 Å². The Kier molecular flexibility index (Phi) is 6.93. The van der Waals surface area contributed by atoms with Gasteiger partial charge in [-0.05, 0) is 48.9 Å². The molecule has 0 aliphatic heterocycles. The van der Waals surface area contributed by atoms with Crippen molar-refractivity contribution in [1.29, 1.82) is 0 Å². The maximum atomic E-state index is 12.6. The van der Waals surface area contributed by atoms with Crippen LogP contribution in [0.25, 0.3) is 0 Å². The van der Waals surface area contributed by atoms with Gasteiger partial charge < -0.3 is 19.9 Å². The number of carbonyl (C=O) groups is 3. The normalized spacial score (nSPS) is 11.3. The van der Waals surface area contributed by atoms with E-state index in [0.717, 1.165) is 0 Å². The first kappa shape index (κ1) is 20.0. The van der Waals surface area contributed by atoms with Gasteiger partial charge in [0.15, 0.2) is 0 Å². The van der Waals surface area contributed by atoms with Gasteiger partial charge in [0.1, 0.15) is 5.75 Å². The Balaban J connectivity index is 2.22. The van der Waals surface area contributed by atoms with Gasteiger partial charge in [0.05, 0.1) is 31.7 Å². The summed E-state index contributed by atoms with van der Waals surface area (Å²) in [7, 11) is 1.53. The molecule has 2 rings (SSSR count). The Morgan fingerprint density at radius 3 is 2.33 bits per heavy atom. The van der Waals surface area contributed by atoms with E-state index in [1.54, 1.807) is 31.2 Å². The predicted molar refractivity (Wildman–Crippen MR) is 97.9 cm³/mol. The smallest absolute Gasteiger partial charge is 0.335 e. The lowest BCUT2D eigenvalue weighted by Gasteiger charge is -2.19. The minimum Gasteiger partial charge on any atom is -0.497 e. The van der Waals surface area contributed by atoms with Crippen LogP contribution in [0.15, 0.2) is 48.5 Å². The second-order valence-corrected chi connectivity index (χ2v) is 5.69. The maximum absolute atomic E-state index is 12.6. The number of hydrogen-bond donors (Lipinski definition) is 2. The Hall–Kier alpha value is -3.35. The third-order valence-corrected chi connectivity index (χ3v) is 3.87. The van der Waals surface area contributed by atoms with Gasteiger partial charge in [-0.3, -0.25) is 9.59 Å². The van der Waals surface area contributed by atoms with Crippen LogP contribution < -0.4 is 10.1 Å². The van der Waals surface area contributed by atoms with E-state index in [0.29, 0.717) is 11.3 Å². The number of nitrogens with one attached hydrogen (secondary N) is 1. The van der Waals surface area contributed by atoms with Crippen molar-refractivity contribution in [2.24, 2.45) is 0 Å². The second kappa shape index (κ2) is 9.38. The lowest BCUT2D eigenvalue weighted by Crippen LogP contribution is -2.30. The van der Waals surface area contributed by atoms with Gasteiger partial charge in [0, 0.05) is 5.56 Å². The van der Waals surface area contributed by atoms with Crippen molar-refractivity contribution in [3.63, 3.8) is 0 Å². The van der Waals surface area contributed by atoms with Crippen LogP contribution in [0.4, 0.5) is 0 Å². The van der Waals surface area contributed by atoms with Crippen molar-refractivity contribution in [1.82, 2.24) is 5.32 Å². The van der Waals surface area contributed by atoms with E-state index in [-0.39, 0.29) is 24.2 Å². The van der Waals surface area contributed by atoms with Gasteiger partial charge >= 0.3 is 11.9 Å². The van der Waals surface area contributed by atoms with E-state index in [1.807, 2.05) is 0 Å². The summed E-state index contributed by atoms with van der Waals surface area (Å²) in [5.74, 6) is -1.34. The summed E-state index contributed by atoms with van der Waals surface area (Å²) in [6, 6.07) is 12.0. The van der Waals surface area contributed by atoms with Crippen molar-refractivity contribution in [2.45, 2.75) is 19.4 Å². The molecule has 0 aliphatic rings. The fourth-order valence-electron chi connectivity index (χ4n) is 2.50. The Morgan fingerprint density at radius 1 is 1.07 bits per heavy atom. The molecule has 2 aromatic carbocycles. The zero-order chi connectivity index (χ0) is 19.8. The Labute approximate surface area is 156 Å². The van der Waals surface area contributed by atoms with Crippen LogP contribution in [0, 0.1) is 0 Å². The number of methoxy groups -OCH3 is 1. The average molecular weight is 371 g/mol. The van der Waals surface area contributed by atoms with E-state index in [1.165, 1.54) is 31.4 Å². The van der Waals surface area contributed by atoms with Gasteiger partial charge in [-0.25, -0.2) is 4.79 Å². The molecule has 1 amide bonds. The topological polar surface area (TPSA) is 102 Å². The van der Waals surface area contributed by atoms with Crippen LogP contribution in [0.5, 0.6) is 5.75 Å². The molecule has 0 bridgehead atoms. The minimum atomic E-state index is -1.07. The van der Waals surface area contributed by atoms with E-state index >= 15 is 0 Å². The third-order valence-electron chi connectivity index (χ3n) is 3.87. The summed E-state index contributed by atoms with van der Waals surface area (Å²) in [6.07, 6.45) is -0.0417. The summed E-state index contributed by atoms with van der Waals surface area (Å²) < 4.78 is 10.2. The number of carboxylic acid groups (broad SMARTS) is 1. The lowest BCUT2D eigenvalue weighted by atomic mass is 10.0. The van der Waals surface area contributed by atoms with Crippen molar-refractivity contribution in [3.8, 4) is 5.75 Å². The molecule has 0 spiro atoms. The largest absolute Gasteiger partial charge is 0.497 e. The number of carboxylic acids is 1. The molecule has 0 saturated carbocycles. The third kappa shape index (κ3) is 5.57. The van der Waals surface area contributed by atoms with Gasteiger partial charge in [-0.1, -0.05) is 12.1 Å². The van der Waals surface area contributed by atoms with E-state index in [4.69, 9.17) is 14.6 Å². The number of carbonyl (C=O) groups excluding carboxylic acids is 2. The molecule has 0 radical (unpaired) electrons.